The van der Waals surface area contributed by atoms with Gasteiger partial charge in [0.15, 0.2) is 0 Å². The van der Waals surface area contributed by atoms with Crippen molar-refractivity contribution in [3.63, 3.8) is 0 Å². The molecule has 1 atom stereocenters. The van der Waals surface area contributed by atoms with Gasteiger partial charge in [-0.15, -0.1) is 10.2 Å². The molecule has 0 spiro atoms. The number of carboxylic acid groups (broad SMARTS) is 1. The quantitative estimate of drug-likeness (QED) is 0.0825. The molecule has 2 heterocycles. The van der Waals surface area contributed by atoms with Crippen molar-refractivity contribution >= 4 is 29.6 Å². The number of primary amides is 1. The van der Waals surface area contributed by atoms with Crippen molar-refractivity contribution in [3.8, 4) is 28.4 Å². The number of carbonyl (C=O) groups is 4. The van der Waals surface area contributed by atoms with Crippen LogP contribution in [0.3, 0.4) is 0 Å². The second-order valence-electron chi connectivity index (χ2n) is 15.7. The van der Waals surface area contributed by atoms with E-state index in [-0.39, 0.29) is 18.2 Å². The van der Waals surface area contributed by atoms with Gasteiger partial charge < -0.3 is 30.5 Å². The molecule has 1 fully saturated rings. The summed E-state index contributed by atoms with van der Waals surface area (Å²) in [7, 11) is 4.00. The fraction of sp³-hybridized carbons (Fsp3) is 0.463. The van der Waals surface area contributed by atoms with Crippen LogP contribution in [0, 0.1) is 17.7 Å². The number of carbonyl (C=O) groups excluding carboxylic acids is 3. The monoisotopic (exact) mass is 857 g/mol. The largest absolute Gasteiger partial charge is 0.490 e. The molecule has 0 saturated heterocycles. The van der Waals surface area contributed by atoms with Gasteiger partial charge in [0.1, 0.15) is 17.5 Å². The number of halogens is 4. The molecule has 61 heavy (non-hydrogen) atoms. The number of H-pyrrole nitrogens is 1. The Labute approximate surface area is 350 Å². The van der Waals surface area contributed by atoms with Crippen LogP contribution < -0.4 is 20.7 Å². The van der Waals surface area contributed by atoms with Gasteiger partial charge in [0.05, 0.1) is 6.61 Å². The summed E-state index contributed by atoms with van der Waals surface area (Å²) in [6.45, 7) is 7.27. The molecule has 5 rings (SSSR count). The van der Waals surface area contributed by atoms with Crippen LogP contribution in [0.2, 0.25) is 0 Å². The van der Waals surface area contributed by atoms with Crippen LogP contribution in [0.15, 0.2) is 60.8 Å². The molecule has 3 amide bonds. The van der Waals surface area contributed by atoms with Crippen molar-refractivity contribution in [1.29, 1.82) is 0 Å². The summed E-state index contributed by atoms with van der Waals surface area (Å²) in [5, 5.41) is 24.0. The van der Waals surface area contributed by atoms with E-state index in [4.69, 9.17) is 25.1 Å². The number of alkyl halides is 3. The Morgan fingerprint density at radius 3 is 2.16 bits per heavy atom. The van der Waals surface area contributed by atoms with E-state index in [1.165, 1.54) is 11.0 Å². The number of nitrogens with one attached hydrogen (secondary N) is 2. The lowest BCUT2D eigenvalue weighted by Crippen LogP contribution is -2.52. The zero-order valence-corrected chi connectivity index (χ0v) is 34.5. The average molecular weight is 858 g/mol. The molecule has 1 aliphatic carbocycles. The molecule has 0 unspecified atom stereocenters. The first kappa shape index (κ1) is 47.5. The Bertz CT molecular complexity index is 2050. The van der Waals surface area contributed by atoms with E-state index in [0.29, 0.717) is 78.5 Å². The number of benzene rings is 2. The van der Waals surface area contributed by atoms with E-state index in [9.17, 15) is 27.6 Å². The number of aromatic nitrogens is 5. The molecule has 4 aromatic rings. The molecule has 0 bridgehead atoms. The number of nitrogens with zero attached hydrogens (tertiary/aromatic N) is 6. The van der Waals surface area contributed by atoms with Crippen molar-refractivity contribution < 1.29 is 51.3 Å². The van der Waals surface area contributed by atoms with E-state index in [1.807, 2.05) is 34.9 Å². The number of hydrogen-bond acceptors (Lipinski definition) is 11. The number of nitrogens with two attached hydrogens (primary N) is 1. The van der Waals surface area contributed by atoms with E-state index in [1.54, 1.807) is 54.7 Å². The third kappa shape index (κ3) is 14.8. The second kappa shape index (κ2) is 21.4. The first-order chi connectivity index (χ1) is 28.7. The lowest BCUT2D eigenvalue weighted by Gasteiger charge is -2.36. The van der Waals surface area contributed by atoms with E-state index in [0.717, 1.165) is 13.0 Å². The Kier molecular flexibility index (Phi) is 16.6. The zero-order chi connectivity index (χ0) is 44.9. The molecule has 16 nitrogen and oxygen atoms in total. The summed E-state index contributed by atoms with van der Waals surface area (Å²) < 4.78 is 58.5. The number of alkyl carbamates (subject to hydrolysis) is 1. The van der Waals surface area contributed by atoms with E-state index in [2.05, 4.69) is 35.8 Å². The number of aromatic amines is 1. The van der Waals surface area contributed by atoms with Crippen molar-refractivity contribution in [2.75, 3.05) is 38.7 Å². The second-order valence-corrected chi connectivity index (χ2v) is 15.7. The third-order valence-corrected chi connectivity index (χ3v) is 9.51. The molecule has 2 aromatic carbocycles. The van der Waals surface area contributed by atoms with Gasteiger partial charge >= 0.3 is 18.2 Å². The third-order valence-electron chi connectivity index (χ3n) is 9.51. The molecule has 20 heteroatoms. The molecule has 1 aliphatic rings. The van der Waals surface area contributed by atoms with Crippen LogP contribution in [0.5, 0.6) is 5.88 Å². The normalized spacial score (nSPS) is 15.8. The van der Waals surface area contributed by atoms with Gasteiger partial charge in [-0.1, -0.05) is 12.1 Å². The summed E-state index contributed by atoms with van der Waals surface area (Å²) in [5.41, 5.74) is 7.94. The minimum atomic E-state index is -5.08. The van der Waals surface area contributed by atoms with Gasteiger partial charge in [0, 0.05) is 60.1 Å². The van der Waals surface area contributed by atoms with Crippen LogP contribution in [0.25, 0.3) is 22.5 Å². The fourth-order valence-electron chi connectivity index (χ4n) is 6.51. The van der Waals surface area contributed by atoms with Gasteiger partial charge in [-0.3, -0.25) is 14.5 Å². The van der Waals surface area contributed by atoms with Gasteiger partial charge in [-0.25, -0.2) is 19.0 Å². The summed E-state index contributed by atoms with van der Waals surface area (Å²) in [6, 6.07) is 14.0. The number of pyridine rings is 1. The highest BCUT2D eigenvalue weighted by Crippen LogP contribution is 2.34. The molecule has 2 aromatic heterocycles. The van der Waals surface area contributed by atoms with Crippen molar-refractivity contribution in [3.05, 3.63) is 72.2 Å². The lowest BCUT2D eigenvalue weighted by molar-refractivity contribution is -0.192. The Hall–Kier alpha value is -6.18. The van der Waals surface area contributed by atoms with Gasteiger partial charge in [0.25, 0.3) is 0 Å². The predicted octanol–water partition coefficient (Wildman–Crippen LogP) is 5.79. The van der Waals surface area contributed by atoms with E-state index >= 15 is 4.39 Å². The minimum Gasteiger partial charge on any atom is -0.478 e. The first-order valence-corrected chi connectivity index (χ1v) is 19.5. The highest BCUT2D eigenvalue weighted by Gasteiger charge is 2.38. The molecular weight excluding hydrogens is 806 g/mol. The van der Waals surface area contributed by atoms with Crippen molar-refractivity contribution in [2.45, 2.75) is 77.1 Å². The number of tetrazole rings is 1. The molecule has 330 valence electrons. The number of carboxylic acids is 1. The Balaban J connectivity index is 0.00000107. The van der Waals surface area contributed by atoms with Crippen LogP contribution in [0.1, 0.15) is 58.4 Å². The zero-order valence-electron chi connectivity index (χ0n) is 34.5. The summed E-state index contributed by atoms with van der Waals surface area (Å²) in [4.78, 5) is 56.6. The number of aliphatic carboxylic acids is 1. The lowest BCUT2D eigenvalue weighted by atomic mass is 9.81. The summed E-state index contributed by atoms with van der Waals surface area (Å²) in [5.74, 6) is -3.63. The number of amides is 3. The predicted molar refractivity (Wildman–Crippen MR) is 215 cm³/mol. The maximum absolute atomic E-state index is 15.7. The number of rotatable bonds is 15. The average Bonchev–Trinajstić information content (AvgIpc) is 3.74. The fourth-order valence-corrected chi connectivity index (χ4v) is 6.51. The van der Waals surface area contributed by atoms with Crippen molar-refractivity contribution in [2.24, 2.45) is 17.6 Å². The SMILES string of the molecule is CN(C)CCCOc1ccc(-c2ccc(C[C@@H](C(N)=O)N(C(=O)C3CCC(CNC(=O)OC(C)(C)C)CC3)c3ccc(-c4nn[nH]n4)cc3)cc2F)cn1.O=C(O)C(F)(F)F. The summed E-state index contributed by atoms with van der Waals surface area (Å²) in [6.07, 6.45) is -0.657. The molecule has 0 radical (unpaired) electrons. The number of ether oxygens (including phenoxy) is 2. The van der Waals surface area contributed by atoms with Crippen LogP contribution in [-0.4, -0.2) is 111 Å². The van der Waals surface area contributed by atoms with Gasteiger partial charge in [0.2, 0.25) is 23.5 Å². The van der Waals surface area contributed by atoms with Gasteiger partial charge in [-0.05, 0) is 120 Å². The Morgan fingerprint density at radius 2 is 1.64 bits per heavy atom. The first-order valence-electron chi connectivity index (χ1n) is 19.5. The molecular formula is C41H51F4N9O7. The smallest absolute Gasteiger partial charge is 0.478 e. The maximum Gasteiger partial charge on any atom is 0.490 e. The van der Waals surface area contributed by atoms with E-state index < -0.39 is 47.5 Å². The molecule has 0 aliphatic heterocycles. The highest BCUT2D eigenvalue weighted by atomic mass is 19.4. The maximum atomic E-state index is 15.7. The molecule has 5 N–H and O–H groups in total. The standard InChI is InChI=1S/C39H50FN9O5.C2HF3O2/c1-39(2,3)54-38(52)43-23-25-7-10-28(11-8-25)37(51)49(30-15-12-27(13-16-30)36-44-46-47-45-36)33(35(41)50)22-26-9-17-31(32(40)21-26)29-14-18-34(42-24-29)53-20-6-19-48(4)5;3-2(4,5)1(6)7/h9,12-18,21,24-25,28,33H,6-8,10-11,19-20,22-23H2,1-5H3,(H2,41,50)(H,43,52)(H,44,45,46,47);(H,6,7)/t25?,28?,33-;/m0./s1. The highest BCUT2D eigenvalue weighted by molar-refractivity contribution is 6.01. The number of hydrogen-bond donors (Lipinski definition) is 4. The number of anilines is 1. The van der Waals surface area contributed by atoms with Crippen molar-refractivity contribution in [1.82, 2.24) is 35.8 Å². The minimum absolute atomic E-state index is 0.0159. The van der Waals surface area contributed by atoms with Crippen LogP contribution >= 0.6 is 0 Å². The topological polar surface area (TPSA) is 219 Å². The molecule has 1 saturated carbocycles. The van der Waals surface area contributed by atoms with Crippen LogP contribution in [-0.2, 0) is 25.5 Å². The van der Waals surface area contributed by atoms with Crippen LogP contribution in [0.4, 0.5) is 28.0 Å². The summed E-state index contributed by atoms with van der Waals surface area (Å²) >= 11 is 0. The van der Waals surface area contributed by atoms with Gasteiger partial charge in [-0.2, -0.15) is 18.4 Å². The Morgan fingerprint density at radius 1 is 0.984 bits per heavy atom.